The van der Waals surface area contributed by atoms with Crippen LogP contribution in [-0.2, 0) is 6.54 Å². The second-order valence-corrected chi connectivity index (χ2v) is 2.94. The Kier molecular flexibility index (Phi) is 1.90. The van der Waals surface area contributed by atoms with Crippen molar-refractivity contribution in [1.29, 1.82) is 0 Å². The van der Waals surface area contributed by atoms with E-state index in [4.69, 9.17) is 11.5 Å². The van der Waals surface area contributed by atoms with E-state index >= 15 is 0 Å². The third-order valence-electron chi connectivity index (χ3n) is 2.06. The van der Waals surface area contributed by atoms with Crippen LogP contribution < -0.4 is 11.5 Å². The Balaban J connectivity index is 2.61. The Morgan fingerprint density at radius 1 is 1.38 bits per heavy atom. The molecule has 0 aliphatic carbocycles. The smallest absolute Gasteiger partial charge is 0.0703 e. The number of aromatic nitrogens is 2. The summed E-state index contributed by atoms with van der Waals surface area (Å²) in [5.41, 5.74) is 13.0. The zero-order valence-corrected chi connectivity index (χ0v) is 7.27. The van der Waals surface area contributed by atoms with Crippen molar-refractivity contribution in [3.05, 3.63) is 24.4 Å². The third kappa shape index (κ3) is 1.25. The van der Waals surface area contributed by atoms with Gasteiger partial charge in [0.2, 0.25) is 0 Å². The Labute approximate surface area is 76.1 Å². The highest BCUT2D eigenvalue weighted by atomic mass is 15.3. The van der Waals surface area contributed by atoms with Crippen molar-refractivity contribution in [1.82, 2.24) is 9.78 Å². The summed E-state index contributed by atoms with van der Waals surface area (Å²) < 4.78 is 1.87. The van der Waals surface area contributed by atoms with Gasteiger partial charge in [-0.25, -0.2) is 0 Å². The Hall–Kier alpha value is -1.55. The van der Waals surface area contributed by atoms with Crippen LogP contribution in [0.2, 0.25) is 0 Å². The largest absolute Gasteiger partial charge is 0.398 e. The molecule has 0 aliphatic heterocycles. The molecule has 68 valence electrons. The lowest BCUT2D eigenvalue weighted by molar-refractivity contribution is 0.646. The van der Waals surface area contributed by atoms with Gasteiger partial charge in [0.05, 0.1) is 18.3 Å². The minimum atomic E-state index is 0.589. The minimum Gasteiger partial charge on any atom is -0.398 e. The van der Waals surface area contributed by atoms with Crippen molar-refractivity contribution in [2.45, 2.75) is 6.54 Å². The fraction of sp³-hybridized carbons (Fsp3) is 0.222. The summed E-state index contributed by atoms with van der Waals surface area (Å²) in [6, 6.07) is 5.79. The van der Waals surface area contributed by atoms with Crippen LogP contribution in [0.5, 0.6) is 0 Å². The van der Waals surface area contributed by atoms with E-state index in [9.17, 15) is 0 Å². The van der Waals surface area contributed by atoms with Gasteiger partial charge in [0.1, 0.15) is 0 Å². The molecule has 1 aromatic heterocycles. The monoisotopic (exact) mass is 176 g/mol. The third-order valence-corrected chi connectivity index (χ3v) is 2.06. The van der Waals surface area contributed by atoms with E-state index in [2.05, 4.69) is 5.10 Å². The zero-order valence-electron chi connectivity index (χ0n) is 7.27. The average Bonchev–Trinajstić information content (AvgIpc) is 2.51. The second kappa shape index (κ2) is 3.06. The first-order valence-electron chi connectivity index (χ1n) is 4.23. The quantitative estimate of drug-likeness (QED) is 0.657. The van der Waals surface area contributed by atoms with E-state index in [-0.39, 0.29) is 0 Å². The number of benzene rings is 1. The molecule has 0 spiro atoms. The van der Waals surface area contributed by atoms with Crippen molar-refractivity contribution in [2.24, 2.45) is 5.73 Å². The number of rotatable bonds is 2. The molecule has 0 saturated carbocycles. The summed E-state index contributed by atoms with van der Waals surface area (Å²) in [6.07, 6.45) is 1.78. The molecule has 0 bridgehead atoms. The predicted octanol–water partition coefficient (Wildman–Crippen LogP) is 0.577. The van der Waals surface area contributed by atoms with E-state index in [0.29, 0.717) is 6.54 Å². The highest BCUT2D eigenvalue weighted by Crippen LogP contribution is 2.19. The molecule has 0 atom stereocenters. The molecule has 0 aliphatic rings. The van der Waals surface area contributed by atoms with Crippen LogP contribution in [-0.4, -0.2) is 16.3 Å². The van der Waals surface area contributed by atoms with Gasteiger partial charge >= 0.3 is 0 Å². The Bertz CT molecular complexity index is 418. The number of nitrogens with two attached hydrogens (primary N) is 2. The van der Waals surface area contributed by atoms with Gasteiger partial charge in [-0.15, -0.1) is 0 Å². The second-order valence-electron chi connectivity index (χ2n) is 2.94. The lowest BCUT2D eigenvalue weighted by Gasteiger charge is -2.00. The van der Waals surface area contributed by atoms with Gasteiger partial charge in [-0.3, -0.25) is 4.68 Å². The number of hydrogen-bond donors (Lipinski definition) is 2. The molecule has 0 unspecified atom stereocenters. The van der Waals surface area contributed by atoms with Crippen LogP contribution in [0.25, 0.3) is 10.9 Å². The molecule has 1 heterocycles. The molecule has 4 nitrogen and oxygen atoms in total. The lowest BCUT2D eigenvalue weighted by atomic mass is 10.2. The molecule has 13 heavy (non-hydrogen) atoms. The standard InChI is InChI=1S/C9H12N4/c10-4-5-13-9-3-1-2-8(11)7(9)6-12-13/h1-3,6H,4-5,10-11H2. The van der Waals surface area contributed by atoms with Gasteiger partial charge in [0.15, 0.2) is 0 Å². The minimum absolute atomic E-state index is 0.589. The first kappa shape index (κ1) is 8.07. The van der Waals surface area contributed by atoms with Crippen LogP contribution in [0.1, 0.15) is 0 Å². The maximum absolute atomic E-state index is 5.78. The van der Waals surface area contributed by atoms with Crippen molar-refractivity contribution < 1.29 is 0 Å². The van der Waals surface area contributed by atoms with Gasteiger partial charge in [-0.05, 0) is 12.1 Å². The van der Waals surface area contributed by atoms with E-state index in [1.54, 1.807) is 6.20 Å². The number of anilines is 1. The summed E-state index contributed by atoms with van der Waals surface area (Å²) >= 11 is 0. The lowest BCUT2D eigenvalue weighted by Crippen LogP contribution is -2.10. The van der Waals surface area contributed by atoms with Crippen LogP contribution in [0.4, 0.5) is 5.69 Å². The van der Waals surface area contributed by atoms with Crippen LogP contribution in [0.15, 0.2) is 24.4 Å². The molecule has 2 aromatic rings. The van der Waals surface area contributed by atoms with E-state index in [1.807, 2.05) is 22.9 Å². The van der Waals surface area contributed by atoms with Gasteiger partial charge in [0.25, 0.3) is 0 Å². The summed E-state index contributed by atoms with van der Waals surface area (Å²) in [7, 11) is 0. The average molecular weight is 176 g/mol. The molecule has 4 N–H and O–H groups in total. The summed E-state index contributed by atoms with van der Waals surface area (Å²) in [5, 5.41) is 5.20. The summed E-state index contributed by atoms with van der Waals surface area (Å²) in [6.45, 7) is 1.32. The predicted molar refractivity (Wildman–Crippen MR) is 53.2 cm³/mol. The van der Waals surface area contributed by atoms with Gasteiger partial charge in [0, 0.05) is 17.6 Å². The Morgan fingerprint density at radius 2 is 2.23 bits per heavy atom. The fourth-order valence-corrected chi connectivity index (χ4v) is 1.43. The molecule has 0 fully saturated rings. The SMILES string of the molecule is NCCn1ncc2c(N)cccc21. The number of nitrogens with zero attached hydrogens (tertiary/aromatic N) is 2. The first-order chi connectivity index (χ1) is 6.33. The highest BCUT2D eigenvalue weighted by molar-refractivity contribution is 5.90. The maximum atomic E-state index is 5.78. The Morgan fingerprint density at radius 3 is 3.00 bits per heavy atom. The van der Waals surface area contributed by atoms with E-state index in [0.717, 1.165) is 23.1 Å². The van der Waals surface area contributed by atoms with E-state index < -0.39 is 0 Å². The van der Waals surface area contributed by atoms with Crippen molar-refractivity contribution in [2.75, 3.05) is 12.3 Å². The topological polar surface area (TPSA) is 69.9 Å². The van der Waals surface area contributed by atoms with Gasteiger partial charge in [-0.1, -0.05) is 6.07 Å². The van der Waals surface area contributed by atoms with Gasteiger partial charge < -0.3 is 11.5 Å². The van der Waals surface area contributed by atoms with Crippen LogP contribution in [0, 0.1) is 0 Å². The van der Waals surface area contributed by atoms with Crippen LogP contribution in [0.3, 0.4) is 0 Å². The maximum Gasteiger partial charge on any atom is 0.0703 e. The zero-order chi connectivity index (χ0) is 9.26. The van der Waals surface area contributed by atoms with Crippen LogP contribution >= 0.6 is 0 Å². The molecular formula is C9H12N4. The molecular weight excluding hydrogens is 164 g/mol. The summed E-state index contributed by atoms with van der Waals surface area (Å²) in [5.74, 6) is 0. The number of nitrogen functional groups attached to an aromatic ring is 1. The number of hydrogen-bond acceptors (Lipinski definition) is 3. The molecule has 2 rings (SSSR count). The molecule has 0 saturated heterocycles. The number of fused-ring (bicyclic) bond motifs is 1. The normalized spacial score (nSPS) is 10.8. The van der Waals surface area contributed by atoms with E-state index in [1.165, 1.54) is 0 Å². The molecule has 1 aromatic carbocycles. The fourth-order valence-electron chi connectivity index (χ4n) is 1.43. The highest BCUT2D eigenvalue weighted by Gasteiger charge is 2.02. The van der Waals surface area contributed by atoms with Crippen molar-refractivity contribution in [3.8, 4) is 0 Å². The van der Waals surface area contributed by atoms with Gasteiger partial charge in [-0.2, -0.15) is 5.10 Å². The summed E-state index contributed by atoms with van der Waals surface area (Å²) in [4.78, 5) is 0. The molecule has 0 radical (unpaired) electrons. The van der Waals surface area contributed by atoms with Crippen molar-refractivity contribution in [3.63, 3.8) is 0 Å². The molecule has 0 amide bonds. The first-order valence-corrected chi connectivity index (χ1v) is 4.23. The van der Waals surface area contributed by atoms with Crippen molar-refractivity contribution >= 4 is 16.6 Å². The molecule has 4 heteroatoms.